The average molecular weight is 429 g/mol. The molecule has 118 valence electrons. The first kappa shape index (κ1) is 23.7. The third-order valence-corrected chi connectivity index (χ3v) is 3.52. The molecule has 0 unspecified atom stereocenters. The van der Waals surface area contributed by atoms with Crippen LogP contribution in [0.2, 0.25) is 0 Å². The largest absolute Gasteiger partial charge is 1.00 e. The Balaban J connectivity index is -0.000000580. The van der Waals surface area contributed by atoms with Crippen LogP contribution in [0.15, 0.2) is 0 Å². The van der Waals surface area contributed by atoms with Crippen molar-refractivity contribution in [1.29, 1.82) is 5.26 Å². The minimum Gasteiger partial charge on any atom is -0.421 e. The molecule has 0 aliphatic heterocycles. The van der Waals surface area contributed by atoms with Gasteiger partial charge >= 0.3 is 33.4 Å². The summed E-state index contributed by atoms with van der Waals surface area (Å²) in [6, 6.07) is 1.75. The summed E-state index contributed by atoms with van der Waals surface area (Å²) in [6.45, 7) is 1.43. The van der Waals surface area contributed by atoms with Gasteiger partial charge in [-0.15, -0.1) is 0 Å². The molecule has 0 fully saturated rings. The molecule has 6 nitrogen and oxygen atoms in total. The molecule has 0 radical (unpaired) electrons. The summed E-state index contributed by atoms with van der Waals surface area (Å²) >= 11 is 0. The van der Waals surface area contributed by atoms with Crippen LogP contribution in [0.4, 0.5) is 26.3 Å². The standard InChI is InChI=1S/C2F6NO4S2.C2H3N.Ag/c3-1(4,5)14(10,11)9-15(12,13)2(6,7)8;1-2-3;/h;1H3;/q-1;;+1. The molecule has 0 aromatic rings. The van der Waals surface area contributed by atoms with Crippen LogP contribution in [0.1, 0.15) is 6.92 Å². The Bertz CT molecular complexity index is 473. The van der Waals surface area contributed by atoms with Gasteiger partial charge in [0.15, 0.2) is 20.0 Å². The molecule has 19 heavy (non-hydrogen) atoms. The molecule has 0 aromatic carbocycles. The van der Waals surface area contributed by atoms with Crippen molar-refractivity contribution in [2.75, 3.05) is 0 Å². The molecule has 0 heterocycles. The number of nitriles is 1. The summed E-state index contributed by atoms with van der Waals surface area (Å²) < 4.78 is 109. The molecule has 0 spiro atoms. The van der Waals surface area contributed by atoms with Gasteiger partial charge in [0, 0.05) is 6.92 Å². The van der Waals surface area contributed by atoms with E-state index in [-0.39, 0.29) is 22.4 Å². The molecule has 0 aliphatic rings. The fraction of sp³-hybridized carbons (Fsp3) is 0.750. The van der Waals surface area contributed by atoms with Gasteiger partial charge in [0.2, 0.25) is 0 Å². The minimum absolute atomic E-state index is 0. The van der Waals surface area contributed by atoms with Gasteiger partial charge < -0.3 is 4.13 Å². The van der Waals surface area contributed by atoms with Crippen molar-refractivity contribution < 1.29 is 65.6 Å². The predicted octanol–water partition coefficient (Wildman–Crippen LogP) is 1.59. The molecule has 0 saturated carbocycles. The number of hydrogen-bond acceptors (Lipinski definition) is 5. The molecule has 15 heteroatoms. The van der Waals surface area contributed by atoms with Crippen LogP contribution in [0.25, 0.3) is 4.13 Å². The van der Waals surface area contributed by atoms with E-state index in [2.05, 4.69) is 0 Å². The Morgan fingerprint density at radius 2 is 1.05 bits per heavy atom. The van der Waals surface area contributed by atoms with Gasteiger partial charge in [-0.25, -0.2) is 16.8 Å². The zero-order chi connectivity index (χ0) is 15.4. The Morgan fingerprint density at radius 1 is 0.895 bits per heavy atom. The summed E-state index contributed by atoms with van der Waals surface area (Å²) in [5, 5.41) is 7.32. The van der Waals surface area contributed by atoms with Crippen LogP contribution in [-0.4, -0.2) is 27.9 Å². The van der Waals surface area contributed by atoms with Crippen molar-refractivity contribution in [2.45, 2.75) is 17.9 Å². The van der Waals surface area contributed by atoms with Crippen molar-refractivity contribution in [3.63, 3.8) is 0 Å². The Labute approximate surface area is 119 Å². The van der Waals surface area contributed by atoms with Crippen molar-refractivity contribution in [3.05, 3.63) is 4.13 Å². The molecule has 0 N–H and O–H groups in total. The van der Waals surface area contributed by atoms with Crippen molar-refractivity contribution in [1.82, 2.24) is 0 Å². The number of hydrogen-bond donors (Lipinski definition) is 0. The van der Waals surface area contributed by atoms with Crippen molar-refractivity contribution in [3.8, 4) is 6.07 Å². The maximum atomic E-state index is 11.4. The van der Waals surface area contributed by atoms with Crippen LogP contribution >= 0.6 is 0 Å². The fourth-order valence-electron chi connectivity index (χ4n) is 0.214. The second-order valence-electron chi connectivity index (χ2n) is 2.14. The molecule has 0 bridgehead atoms. The zero-order valence-corrected chi connectivity index (χ0v) is 11.5. The Hall–Kier alpha value is -0.330. The summed E-state index contributed by atoms with van der Waals surface area (Å²) in [6.07, 6.45) is 0. The first-order chi connectivity index (χ1) is 7.62. The Morgan fingerprint density at radius 3 is 1.16 bits per heavy atom. The monoisotopic (exact) mass is 428 g/mol. The van der Waals surface area contributed by atoms with Gasteiger partial charge in [-0.2, -0.15) is 31.6 Å². The molecule has 0 rings (SSSR count). The van der Waals surface area contributed by atoms with Crippen LogP contribution in [-0.2, 0) is 42.4 Å². The number of nitrogens with zero attached hydrogens (tertiary/aromatic N) is 2. The summed E-state index contributed by atoms with van der Waals surface area (Å²) in [5.41, 5.74) is -12.4. The fourth-order valence-corrected chi connectivity index (χ4v) is 1.92. The maximum Gasteiger partial charge on any atom is 1.00 e. The van der Waals surface area contributed by atoms with E-state index in [0.717, 1.165) is 4.13 Å². The maximum absolute atomic E-state index is 11.4. The van der Waals surface area contributed by atoms with Gasteiger partial charge in [-0.05, 0) is 0 Å². The van der Waals surface area contributed by atoms with Gasteiger partial charge in [0.25, 0.3) is 0 Å². The van der Waals surface area contributed by atoms with E-state index in [9.17, 15) is 43.2 Å². The van der Waals surface area contributed by atoms with E-state index in [1.807, 2.05) is 0 Å². The third kappa shape index (κ3) is 7.74. The second kappa shape index (κ2) is 7.45. The van der Waals surface area contributed by atoms with Crippen LogP contribution < -0.4 is 0 Å². The van der Waals surface area contributed by atoms with Crippen LogP contribution in [0, 0.1) is 11.3 Å². The molecular weight excluding hydrogens is 426 g/mol. The van der Waals surface area contributed by atoms with Crippen molar-refractivity contribution in [2.24, 2.45) is 0 Å². The number of sulfonamides is 2. The minimum atomic E-state index is -6.72. The van der Waals surface area contributed by atoms with Crippen LogP contribution in [0.5, 0.6) is 0 Å². The number of halogens is 6. The SMILES string of the molecule is CC#N.O=S(=O)([N-]S(=O)(=O)C(F)(F)F)C(F)(F)F.[Ag+]. The van der Waals surface area contributed by atoms with E-state index in [1.165, 1.54) is 6.92 Å². The summed E-state index contributed by atoms with van der Waals surface area (Å²) in [7, 11) is -13.4. The molecule has 0 amide bonds. The average Bonchev–Trinajstić information content (AvgIpc) is 1.98. The predicted molar refractivity (Wildman–Crippen MR) is 44.6 cm³/mol. The van der Waals surface area contributed by atoms with E-state index in [0.29, 0.717) is 0 Å². The second-order valence-corrected chi connectivity index (χ2v) is 5.56. The normalized spacial score (nSPS) is 12.5. The van der Waals surface area contributed by atoms with Crippen molar-refractivity contribution >= 4 is 20.0 Å². The van der Waals surface area contributed by atoms with Crippen LogP contribution in [0.3, 0.4) is 0 Å². The van der Waals surface area contributed by atoms with Gasteiger partial charge in [0.1, 0.15) is 0 Å². The van der Waals surface area contributed by atoms with E-state index in [1.54, 1.807) is 6.07 Å². The Kier molecular flexibility index (Phi) is 9.31. The quantitative estimate of drug-likeness (QED) is 0.490. The first-order valence-corrected chi connectivity index (χ1v) is 6.18. The summed E-state index contributed by atoms with van der Waals surface area (Å²) in [4.78, 5) is 0. The van der Waals surface area contributed by atoms with Gasteiger partial charge in [0.05, 0.1) is 6.07 Å². The molecule has 0 aromatic heterocycles. The summed E-state index contributed by atoms with van der Waals surface area (Å²) in [5.74, 6) is 0. The van der Waals surface area contributed by atoms with Gasteiger partial charge in [-0.3, -0.25) is 0 Å². The molecule has 0 saturated heterocycles. The first-order valence-electron chi connectivity index (χ1n) is 3.30. The third-order valence-electron chi connectivity index (χ3n) is 0.781. The number of alkyl halides is 6. The van der Waals surface area contributed by atoms with E-state index < -0.39 is 31.1 Å². The smallest absolute Gasteiger partial charge is 0.421 e. The van der Waals surface area contributed by atoms with E-state index in [4.69, 9.17) is 5.26 Å². The van der Waals surface area contributed by atoms with Gasteiger partial charge in [-0.1, -0.05) is 0 Å². The molecule has 0 aliphatic carbocycles. The topological polar surface area (TPSA) is 106 Å². The number of rotatable bonds is 2. The zero-order valence-electron chi connectivity index (χ0n) is 8.41. The van der Waals surface area contributed by atoms with E-state index >= 15 is 0 Å². The molecule has 0 atom stereocenters. The molecular formula is C4H3AgF6N2O4S2.